The molecule has 2 aromatic rings. The highest BCUT2D eigenvalue weighted by atomic mass is 32.2. The number of piperazine rings is 1. The summed E-state index contributed by atoms with van der Waals surface area (Å²) in [5.41, 5.74) is 0.600. The van der Waals surface area contributed by atoms with Crippen LogP contribution in [0.1, 0.15) is 37.2 Å². The van der Waals surface area contributed by atoms with Gasteiger partial charge in [-0.25, -0.2) is 22.4 Å². The van der Waals surface area contributed by atoms with Crippen molar-refractivity contribution < 1.29 is 31.9 Å². The maximum atomic E-state index is 13.4. The number of hydrogen-bond acceptors (Lipinski definition) is 9. The van der Waals surface area contributed by atoms with Gasteiger partial charge in [-0.15, -0.1) is 11.3 Å². The molecule has 33 heavy (non-hydrogen) atoms. The fourth-order valence-electron chi connectivity index (χ4n) is 3.63. The third kappa shape index (κ3) is 4.77. The molecular formula is C21H22FN3O6S2. The summed E-state index contributed by atoms with van der Waals surface area (Å²) in [6, 6.07) is 7.11. The normalized spacial score (nSPS) is 16.1. The quantitative estimate of drug-likeness (QED) is 0.561. The van der Waals surface area contributed by atoms with Crippen LogP contribution < -0.4 is 0 Å². The van der Waals surface area contributed by atoms with Crippen LogP contribution in [-0.4, -0.2) is 70.0 Å². The predicted molar refractivity (Wildman–Crippen MR) is 117 cm³/mol. The molecule has 2 heterocycles. The number of nitriles is 1. The summed E-state index contributed by atoms with van der Waals surface area (Å²) >= 11 is 0.666. The lowest BCUT2D eigenvalue weighted by atomic mass is 10.1. The Kier molecular flexibility index (Phi) is 7.48. The SMILES string of the molecule is COC(=O)c1sc(S(=O)(=O)N2CCN([C@@H](C#N)c3ccc(F)cc3)CC2)c(C(=O)OC)c1C. The van der Waals surface area contributed by atoms with Gasteiger partial charge in [-0.1, -0.05) is 12.1 Å². The Morgan fingerprint density at radius 3 is 2.18 bits per heavy atom. The Labute approximate surface area is 195 Å². The summed E-state index contributed by atoms with van der Waals surface area (Å²) in [5.74, 6) is -2.02. The van der Waals surface area contributed by atoms with E-state index in [9.17, 15) is 27.7 Å². The number of halogens is 1. The maximum absolute atomic E-state index is 13.4. The standard InChI is InChI=1S/C21H22FN3O6S2/c1-13-17(19(26)30-2)21(32-18(13)20(27)31-3)33(28,29)25-10-8-24(9-11-25)16(12-23)14-4-6-15(22)7-5-14/h4-7,16H,8-11H2,1-3H3/t16-/m0/s1. The van der Waals surface area contributed by atoms with Gasteiger partial charge in [0.1, 0.15) is 16.7 Å². The molecule has 1 aliphatic rings. The van der Waals surface area contributed by atoms with Crippen LogP contribution in [0.4, 0.5) is 4.39 Å². The largest absolute Gasteiger partial charge is 0.465 e. The topological polar surface area (TPSA) is 117 Å². The van der Waals surface area contributed by atoms with Crippen molar-refractivity contribution in [3.8, 4) is 6.07 Å². The number of nitrogens with zero attached hydrogens (tertiary/aromatic N) is 3. The minimum Gasteiger partial charge on any atom is -0.465 e. The number of thiophene rings is 1. The molecule has 176 valence electrons. The second-order valence-electron chi connectivity index (χ2n) is 7.23. The predicted octanol–water partition coefficient (Wildman–Crippen LogP) is 2.34. The molecule has 0 bridgehead atoms. The van der Waals surface area contributed by atoms with Gasteiger partial charge in [0, 0.05) is 26.2 Å². The van der Waals surface area contributed by atoms with Gasteiger partial charge in [-0.2, -0.15) is 9.57 Å². The van der Waals surface area contributed by atoms with E-state index in [0.717, 1.165) is 7.11 Å². The number of carbonyl (C=O) groups excluding carboxylic acids is 2. The van der Waals surface area contributed by atoms with Crippen LogP contribution in [0.3, 0.4) is 0 Å². The highest BCUT2D eigenvalue weighted by molar-refractivity contribution is 7.91. The molecule has 1 saturated heterocycles. The minimum atomic E-state index is -4.13. The van der Waals surface area contributed by atoms with Crippen LogP contribution in [0, 0.1) is 24.1 Å². The number of benzene rings is 1. The molecule has 1 aliphatic heterocycles. The van der Waals surface area contributed by atoms with E-state index < -0.39 is 33.8 Å². The van der Waals surface area contributed by atoms with Crippen molar-refractivity contribution in [2.45, 2.75) is 17.2 Å². The van der Waals surface area contributed by atoms with Gasteiger partial charge in [0.05, 0.1) is 25.9 Å². The molecule has 1 aromatic carbocycles. The van der Waals surface area contributed by atoms with Crippen molar-refractivity contribution in [1.29, 1.82) is 5.26 Å². The van der Waals surface area contributed by atoms with Crippen molar-refractivity contribution in [2.24, 2.45) is 0 Å². The molecule has 1 fully saturated rings. The lowest BCUT2D eigenvalue weighted by Crippen LogP contribution is -2.49. The lowest BCUT2D eigenvalue weighted by molar-refractivity contribution is 0.0596. The Bertz CT molecular complexity index is 1200. The van der Waals surface area contributed by atoms with Crippen molar-refractivity contribution in [3.63, 3.8) is 0 Å². The van der Waals surface area contributed by atoms with Gasteiger partial charge < -0.3 is 9.47 Å². The number of hydrogen-bond donors (Lipinski definition) is 0. The third-order valence-electron chi connectivity index (χ3n) is 5.40. The molecule has 0 spiro atoms. The van der Waals surface area contributed by atoms with Crippen LogP contribution >= 0.6 is 11.3 Å². The van der Waals surface area contributed by atoms with E-state index in [4.69, 9.17) is 9.47 Å². The molecule has 0 unspecified atom stereocenters. The number of carbonyl (C=O) groups is 2. The minimum absolute atomic E-state index is 0.0102. The van der Waals surface area contributed by atoms with Crippen molar-refractivity contribution in [1.82, 2.24) is 9.21 Å². The van der Waals surface area contributed by atoms with E-state index in [2.05, 4.69) is 6.07 Å². The van der Waals surface area contributed by atoms with Gasteiger partial charge in [-0.3, -0.25) is 4.90 Å². The first kappa shape index (κ1) is 24.8. The molecule has 0 aliphatic carbocycles. The molecule has 0 saturated carbocycles. The summed E-state index contributed by atoms with van der Waals surface area (Å²) in [5, 5.41) is 9.63. The second kappa shape index (κ2) is 9.96. The Morgan fingerprint density at radius 1 is 1.09 bits per heavy atom. The van der Waals surface area contributed by atoms with Crippen molar-refractivity contribution in [3.05, 3.63) is 51.7 Å². The zero-order chi connectivity index (χ0) is 24.3. The molecule has 0 radical (unpaired) electrons. The average Bonchev–Trinajstić information content (AvgIpc) is 3.18. The van der Waals surface area contributed by atoms with Gasteiger partial charge >= 0.3 is 11.9 Å². The van der Waals surface area contributed by atoms with Crippen LogP contribution in [0.5, 0.6) is 0 Å². The smallest absolute Gasteiger partial charge is 0.348 e. The van der Waals surface area contributed by atoms with Crippen LogP contribution in [-0.2, 0) is 19.5 Å². The summed E-state index contributed by atoms with van der Waals surface area (Å²) in [6.07, 6.45) is 0. The van der Waals surface area contributed by atoms with Gasteiger partial charge in [0.15, 0.2) is 4.21 Å². The highest BCUT2D eigenvalue weighted by Crippen LogP contribution is 2.35. The number of esters is 2. The molecule has 1 aromatic heterocycles. The number of sulfonamides is 1. The number of rotatable bonds is 6. The van der Waals surface area contributed by atoms with E-state index in [-0.39, 0.29) is 46.4 Å². The van der Waals surface area contributed by atoms with E-state index in [1.54, 1.807) is 4.90 Å². The Hall–Kier alpha value is -2.85. The van der Waals surface area contributed by atoms with Crippen LogP contribution in [0.25, 0.3) is 0 Å². The fraction of sp³-hybridized carbons (Fsp3) is 0.381. The zero-order valence-electron chi connectivity index (χ0n) is 18.2. The van der Waals surface area contributed by atoms with Crippen molar-refractivity contribution in [2.75, 3.05) is 40.4 Å². The van der Waals surface area contributed by atoms with Gasteiger partial charge in [-0.05, 0) is 30.2 Å². The molecule has 12 heteroatoms. The maximum Gasteiger partial charge on any atom is 0.348 e. The zero-order valence-corrected chi connectivity index (χ0v) is 19.8. The first-order valence-corrected chi connectivity index (χ1v) is 12.1. The summed E-state index contributed by atoms with van der Waals surface area (Å²) in [7, 11) is -1.84. The van der Waals surface area contributed by atoms with E-state index in [0.29, 0.717) is 16.9 Å². The first-order chi connectivity index (χ1) is 15.6. The number of methoxy groups -OCH3 is 2. The van der Waals surface area contributed by atoms with Crippen molar-refractivity contribution >= 4 is 33.3 Å². The lowest BCUT2D eigenvalue weighted by Gasteiger charge is -2.36. The molecule has 0 N–H and O–H groups in total. The third-order valence-corrected chi connectivity index (χ3v) is 9.06. The Morgan fingerprint density at radius 2 is 1.67 bits per heavy atom. The molecule has 1 atom stereocenters. The van der Waals surface area contributed by atoms with Gasteiger partial charge in [0.2, 0.25) is 0 Å². The van der Waals surface area contributed by atoms with Gasteiger partial charge in [0.25, 0.3) is 10.0 Å². The Balaban J connectivity index is 1.87. The molecule has 9 nitrogen and oxygen atoms in total. The van der Waals surface area contributed by atoms with E-state index in [1.165, 1.54) is 42.6 Å². The fourth-order valence-corrected chi connectivity index (χ4v) is 6.93. The average molecular weight is 496 g/mol. The van der Waals surface area contributed by atoms with E-state index >= 15 is 0 Å². The van der Waals surface area contributed by atoms with Crippen LogP contribution in [0.15, 0.2) is 28.5 Å². The monoisotopic (exact) mass is 495 g/mol. The second-order valence-corrected chi connectivity index (χ2v) is 10.4. The molecule has 3 rings (SSSR count). The summed E-state index contributed by atoms with van der Waals surface area (Å²) < 4.78 is 50.4. The van der Waals surface area contributed by atoms with E-state index in [1.807, 2.05) is 0 Å². The molecule has 0 amide bonds. The summed E-state index contributed by atoms with van der Waals surface area (Å²) in [4.78, 5) is 26.3. The highest BCUT2D eigenvalue weighted by Gasteiger charge is 2.38. The number of ether oxygens (including phenoxy) is 2. The summed E-state index contributed by atoms with van der Waals surface area (Å²) in [6.45, 7) is 2.08. The first-order valence-electron chi connectivity index (χ1n) is 9.85. The van der Waals surface area contributed by atoms with Crippen LogP contribution in [0.2, 0.25) is 0 Å². The molecular weight excluding hydrogens is 473 g/mol.